The molecule has 1 amide bonds. The number of amides is 1. The van der Waals surface area contributed by atoms with Crippen molar-refractivity contribution in [2.24, 2.45) is 0 Å². The highest BCUT2D eigenvalue weighted by atomic mass is 35.5. The fraction of sp³-hybridized carbons (Fsp3) is 0.118. The summed E-state index contributed by atoms with van der Waals surface area (Å²) in [6, 6.07) is 12.5. The third-order valence-corrected chi connectivity index (χ3v) is 4.20. The van der Waals surface area contributed by atoms with Crippen molar-refractivity contribution in [1.29, 1.82) is 0 Å². The lowest BCUT2D eigenvalue weighted by Gasteiger charge is -2.08. The van der Waals surface area contributed by atoms with Crippen molar-refractivity contribution in [1.82, 2.24) is 15.0 Å². The summed E-state index contributed by atoms with van der Waals surface area (Å²) < 4.78 is 1.60. The van der Waals surface area contributed by atoms with Crippen molar-refractivity contribution in [3.05, 3.63) is 69.5 Å². The summed E-state index contributed by atoms with van der Waals surface area (Å²) in [5.74, 6) is -0.369. The smallest absolute Gasteiger partial charge is 0.278 e. The standard InChI is InChI=1S/C17H14Cl2N4O/c1-10-7-8-12(18)9-15(10)23-11(2)16(21-22-23)17(24)20-14-6-4-3-5-13(14)19/h3-9H,1-2H3,(H,20,24). The number of para-hydroxylation sites is 1. The van der Waals surface area contributed by atoms with E-state index >= 15 is 0 Å². The molecule has 2 aromatic carbocycles. The van der Waals surface area contributed by atoms with Crippen LogP contribution in [0, 0.1) is 13.8 Å². The molecule has 5 nitrogen and oxygen atoms in total. The largest absolute Gasteiger partial charge is 0.319 e. The van der Waals surface area contributed by atoms with Gasteiger partial charge in [0, 0.05) is 5.02 Å². The van der Waals surface area contributed by atoms with Crippen LogP contribution in [0.1, 0.15) is 21.7 Å². The van der Waals surface area contributed by atoms with Gasteiger partial charge in [0.05, 0.1) is 22.1 Å². The molecule has 0 aliphatic heterocycles. The highest BCUT2D eigenvalue weighted by Crippen LogP contribution is 2.23. The summed E-state index contributed by atoms with van der Waals surface area (Å²) >= 11 is 12.1. The lowest BCUT2D eigenvalue weighted by atomic mass is 10.2. The molecule has 24 heavy (non-hydrogen) atoms. The van der Waals surface area contributed by atoms with Gasteiger partial charge in [0.1, 0.15) is 0 Å². The zero-order valence-electron chi connectivity index (χ0n) is 13.0. The maximum Gasteiger partial charge on any atom is 0.278 e. The molecule has 122 valence electrons. The second-order valence-electron chi connectivity index (χ2n) is 5.30. The molecule has 0 spiro atoms. The number of nitrogens with one attached hydrogen (secondary N) is 1. The number of hydrogen-bond acceptors (Lipinski definition) is 3. The molecule has 0 fully saturated rings. The fourth-order valence-electron chi connectivity index (χ4n) is 2.32. The van der Waals surface area contributed by atoms with E-state index in [1.54, 1.807) is 48.0 Å². The van der Waals surface area contributed by atoms with Crippen molar-refractivity contribution >= 4 is 34.8 Å². The summed E-state index contributed by atoms with van der Waals surface area (Å²) in [6.07, 6.45) is 0. The molecule has 0 bridgehead atoms. The molecule has 7 heteroatoms. The second kappa shape index (κ2) is 6.63. The Morgan fingerprint density at radius 1 is 1.12 bits per heavy atom. The molecule has 1 heterocycles. The van der Waals surface area contributed by atoms with Crippen LogP contribution in [0.2, 0.25) is 10.0 Å². The molecular weight excluding hydrogens is 347 g/mol. The van der Waals surface area contributed by atoms with Crippen LogP contribution in [-0.4, -0.2) is 20.9 Å². The lowest BCUT2D eigenvalue weighted by molar-refractivity contribution is 0.102. The van der Waals surface area contributed by atoms with E-state index in [0.717, 1.165) is 11.3 Å². The summed E-state index contributed by atoms with van der Waals surface area (Å²) in [7, 11) is 0. The molecule has 0 aliphatic carbocycles. The third-order valence-electron chi connectivity index (χ3n) is 3.63. The van der Waals surface area contributed by atoms with Crippen molar-refractivity contribution in [2.45, 2.75) is 13.8 Å². The lowest BCUT2D eigenvalue weighted by Crippen LogP contribution is -2.14. The summed E-state index contributed by atoms with van der Waals surface area (Å²) in [5.41, 5.74) is 3.13. The predicted molar refractivity (Wildman–Crippen MR) is 95.2 cm³/mol. The van der Waals surface area contributed by atoms with Crippen LogP contribution < -0.4 is 5.32 Å². The number of aromatic nitrogens is 3. The van der Waals surface area contributed by atoms with Crippen LogP contribution in [0.5, 0.6) is 0 Å². The van der Waals surface area contributed by atoms with E-state index in [0.29, 0.717) is 21.4 Å². The maximum absolute atomic E-state index is 12.5. The maximum atomic E-state index is 12.5. The van der Waals surface area contributed by atoms with E-state index in [1.807, 2.05) is 13.0 Å². The molecular formula is C17H14Cl2N4O. The number of hydrogen-bond donors (Lipinski definition) is 1. The number of benzene rings is 2. The van der Waals surface area contributed by atoms with Crippen LogP contribution in [0.25, 0.3) is 5.69 Å². The van der Waals surface area contributed by atoms with Gasteiger partial charge in [0.2, 0.25) is 0 Å². The van der Waals surface area contributed by atoms with Gasteiger partial charge in [0.25, 0.3) is 5.91 Å². The number of aryl methyl sites for hydroxylation is 1. The molecule has 0 saturated carbocycles. The Hall–Kier alpha value is -2.37. The van der Waals surface area contributed by atoms with Gasteiger partial charge in [-0.1, -0.05) is 46.6 Å². The monoisotopic (exact) mass is 360 g/mol. The van der Waals surface area contributed by atoms with Crippen LogP contribution in [0.3, 0.4) is 0 Å². The number of rotatable bonds is 3. The number of anilines is 1. The van der Waals surface area contributed by atoms with Crippen molar-refractivity contribution in [3.8, 4) is 5.69 Å². The Balaban J connectivity index is 1.94. The van der Waals surface area contributed by atoms with Gasteiger partial charge in [-0.2, -0.15) is 0 Å². The minimum absolute atomic E-state index is 0.231. The van der Waals surface area contributed by atoms with Crippen molar-refractivity contribution in [3.63, 3.8) is 0 Å². The van der Waals surface area contributed by atoms with Gasteiger partial charge >= 0.3 is 0 Å². The number of nitrogens with zero attached hydrogens (tertiary/aromatic N) is 3. The molecule has 0 atom stereocenters. The molecule has 3 rings (SSSR count). The molecule has 0 unspecified atom stereocenters. The van der Waals surface area contributed by atoms with Gasteiger partial charge in [-0.05, 0) is 43.7 Å². The zero-order valence-corrected chi connectivity index (χ0v) is 14.6. The van der Waals surface area contributed by atoms with E-state index in [9.17, 15) is 4.79 Å². The van der Waals surface area contributed by atoms with Crippen LogP contribution in [0.15, 0.2) is 42.5 Å². The Morgan fingerprint density at radius 3 is 2.62 bits per heavy atom. The van der Waals surface area contributed by atoms with Gasteiger partial charge in [-0.25, -0.2) is 4.68 Å². The van der Waals surface area contributed by atoms with Crippen molar-refractivity contribution in [2.75, 3.05) is 5.32 Å². The SMILES string of the molecule is Cc1ccc(Cl)cc1-n1nnc(C(=O)Nc2ccccc2Cl)c1C. The Morgan fingerprint density at radius 2 is 1.88 bits per heavy atom. The topological polar surface area (TPSA) is 59.8 Å². The van der Waals surface area contributed by atoms with E-state index < -0.39 is 0 Å². The van der Waals surface area contributed by atoms with E-state index in [2.05, 4.69) is 15.6 Å². The van der Waals surface area contributed by atoms with Crippen molar-refractivity contribution < 1.29 is 4.79 Å². The minimum atomic E-state index is -0.369. The summed E-state index contributed by atoms with van der Waals surface area (Å²) in [6.45, 7) is 3.72. The normalized spacial score (nSPS) is 10.7. The predicted octanol–water partition coefficient (Wildman–Crippen LogP) is 4.44. The first-order valence-electron chi connectivity index (χ1n) is 7.22. The van der Waals surface area contributed by atoms with Gasteiger partial charge in [-0.15, -0.1) is 5.10 Å². The average molecular weight is 361 g/mol. The Kier molecular flexibility index (Phi) is 4.55. The summed E-state index contributed by atoms with van der Waals surface area (Å²) in [4.78, 5) is 12.5. The number of carbonyl (C=O) groups excluding carboxylic acids is 1. The van der Waals surface area contributed by atoms with Crippen LogP contribution >= 0.6 is 23.2 Å². The highest BCUT2D eigenvalue weighted by Gasteiger charge is 2.19. The molecule has 1 N–H and O–H groups in total. The first-order chi connectivity index (χ1) is 11.5. The Labute approximate surface area is 149 Å². The fourth-order valence-corrected chi connectivity index (χ4v) is 2.67. The van der Waals surface area contributed by atoms with Crippen LogP contribution in [-0.2, 0) is 0 Å². The van der Waals surface area contributed by atoms with Gasteiger partial charge < -0.3 is 5.32 Å². The van der Waals surface area contributed by atoms with E-state index in [4.69, 9.17) is 23.2 Å². The second-order valence-corrected chi connectivity index (χ2v) is 6.14. The first-order valence-corrected chi connectivity index (χ1v) is 7.97. The molecule has 0 aliphatic rings. The first kappa shape index (κ1) is 16.5. The van der Waals surface area contributed by atoms with Gasteiger partial charge in [-0.3, -0.25) is 4.79 Å². The zero-order chi connectivity index (χ0) is 17.3. The Bertz CT molecular complexity index is 921. The number of carbonyl (C=O) groups is 1. The molecule has 0 radical (unpaired) electrons. The molecule has 1 aromatic heterocycles. The average Bonchev–Trinajstić information content (AvgIpc) is 2.93. The van der Waals surface area contributed by atoms with Gasteiger partial charge in [0.15, 0.2) is 5.69 Å². The summed E-state index contributed by atoms with van der Waals surface area (Å²) in [5, 5.41) is 11.9. The molecule has 3 aromatic rings. The molecule has 0 saturated heterocycles. The van der Waals surface area contributed by atoms with Crippen LogP contribution in [0.4, 0.5) is 5.69 Å². The van der Waals surface area contributed by atoms with E-state index in [1.165, 1.54) is 0 Å². The minimum Gasteiger partial charge on any atom is -0.319 e. The third kappa shape index (κ3) is 3.13. The van der Waals surface area contributed by atoms with E-state index in [-0.39, 0.29) is 11.6 Å². The highest BCUT2D eigenvalue weighted by molar-refractivity contribution is 6.33. The number of halogens is 2. The quantitative estimate of drug-likeness (QED) is 0.750.